The molecule has 1 aliphatic heterocycles. The van der Waals surface area contributed by atoms with Crippen molar-refractivity contribution in [1.29, 1.82) is 0 Å². The van der Waals surface area contributed by atoms with Crippen LogP contribution < -0.4 is 10.2 Å². The van der Waals surface area contributed by atoms with E-state index in [-0.39, 0.29) is 11.8 Å². The van der Waals surface area contributed by atoms with Gasteiger partial charge in [-0.05, 0) is 42.5 Å². The summed E-state index contributed by atoms with van der Waals surface area (Å²) in [7, 11) is 0. The van der Waals surface area contributed by atoms with Crippen LogP contribution in [0, 0.1) is 0 Å². The fourth-order valence-electron chi connectivity index (χ4n) is 2.43. The van der Waals surface area contributed by atoms with Crippen molar-refractivity contribution in [1.82, 2.24) is 0 Å². The Hall–Kier alpha value is -2.14. The summed E-state index contributed by atoms with van der Waals surface area (Å²) >= 11 is 1.41. The number of rotatable bonds is 3. The van der Waals surface area contributed by atoms with Gasteiger partial charge in [-0.3, -0.25) is 9.59 Å². The molecule has 1 aromatic carbocycles. The van der Waals surface area contributed by atoms with Crippen LogP contribution in [0.2, 0.25) is 0 Å². The Morgan fingerprint density at radius 1 is 1.19 bits per heavy atom. The van der Waals surface area contributed by atoms with Crippen molar-refractivity contribution < 1.29 is 9.59 Å². The van der Waals surface area contributed by atoms with Gasteiger partial charge in [0.25, 0.3) is 5.91 Å². The van der Waals surface area contributed by atoms with E-state index in [1.54, 1.807) is 11.0 Å². The Kier molecular flexibility index (Phi) is 4.01. The maximum Gasteiger partial charge on any atom is 0.265 e. The minimum atomic E-state index is -0.118. The third kappa shape index (κ3) is 3.13. The predicted molar refractivity (Wildman–Crippen MR) is 84.9 cm³/mol. The molecule has 0 unspecified atom stereocenters. The molecule has 108 valence electrons. The molecular weight excluding hydrogens is 284 g/mol. The zero-order valence-electron chi connectivity index (χ0n) is 11.5. The maximum atomic E-state index is 12.0. The monoisotopic (exact) mass is 300 g/mol. The first kappa shape index (κ1) is 13.8. The molecule has 1 fully saturated rings. The Bertz CT molecular complexity index is 652. The van der Waals surface area contributed by atoms with Gasteiger partial charge >= 0.3 is 0 Å². The second-order valence-corrected chi connectivity index (χ2v) is 5.93. The maximum absolute atomic E-state index is 12.0. The highest BCUT2D eigenvalue weighted by atomic mass is 32.1. The highest BCUT2D eigenvalue weighted by Gasteiger charge is 2.19. The van der Waals surface area contributed by atoms with Crippen molar-refractivity contribution in [2.45, 2.75) is 19.3 Å². The minimum Gasteiger partial charge on any atom is -0.321 e. The van der Waals surface area contributed by atoms with E-state index in [2.05, 4.69) is 5.32 Å². The van der Waals surface area contributed by atoms with Crippen LogP contribution in [0.1, 0.15) is 28.9 Å². The predicted octanol–water partition coefficient (Wildman–Crippen LogP) is 3.52. The molecule has 0 spiro atoms. The SMILES string of the molecule is O=C(Nc1cccc(N2CCCCC2=O)c1)c1cccs1. The van der Waals surface area contributed by atoms with Crippen molar-refractivity contribution in [3.8, 4) is 0 Å². The molecule has 1 saturated heterocycles. The standard InChI is InChI=1S/C16H16N2O2S/c19-15-8-1-2-9-18(15)13-6-3-5-12(11-13)17-16(20)14-7-4-10-21-14/h3-7,10-11H,1-2,8-9H2,(H,17,20). The Morgan fingerprint density at radius 2 is 2.10 bits per heavy atom. The van der Waals surface area contributed by atoms with Crippen LogP contribution in [0.3, 0.4) is 0 Å². The number of nitrogens with one attached hydrogen (secondary N) is 1. The average Bonchev–Trinajstić information content (AvgIpc) is 3.02. The van der Waals surface area contributed by atoms with Crippen LogP contribution in [0.25, 0.3) is 0 Å². The Labute approximate surface area is 127 Å². The van der Waals surface area contributed by atoms with Crippen LogP contribution in [0.5, 0.6) is 0 Å². The normalized spacial score (nSPS) is 15.0. The summed E-state index contributed by atoms with van der Waals surface area (Å²) in [5.74, 6) is 0.0371. The molecule has 0 saturated carbocycles. The van der Waals surface area contributed by atoms with Gasteiger partial charge in [-0.1, -0.05) is 12.1 Å². The van der Waals surface area contributed by atoms with Crippen molar-refractivity contribution in [2.24, 2.45) is 0 Å². The van der Waals surface area contributed by atoms with Gasteiger partial charge in [0.15, 0.2) is 0 Å². The molecule has 3 rings (SSSR count). The second-order valence-electron chi connectivity index (χ2n) is 4.98. The lowest BCUT2D eigenvalue weighted by atomic mass is 10.1. The number of hydrogen-bond donors (Lipinski definition) is 1. The Morgan fingerprint density at radius 3 is 2.86 bits per heavy atom. The van der Waals surface area contributed by atoms with Crippen LogP contribution in [0.15, 0.2) is 41.8 Å². The molecular formula is C16H16N2O2S. The number of anilines is 2. The Balaban J connectivity index is 1.77. The van der Waals surface area contributed by atoms with Crippen LogP contribution in [-0.4, -0.2) is 18.4 Å². The molecule has 1 N–H and O–H groups in total. The van der Waals surface area contributed by atoms with Gasteiger partial charge in [-0.25, -0.2) is 0 Å². The number of carbonyl (C=O) groups is 2. The van der Waals surface area contributed by atoms with Gasteiger partial charge in [0.05, 0.1) is 4.88 Å². The van der Waals surface area contributed by atoms with E-state index in [9.17, 15) is 9.59 Å². The number of thiophene rings is 1. The van der Waals surface area contributed by atoms with E-state index >= 15 is 0 Å². The zero-order chi connectivity index (χ0) is 14.7. The van der Waals surface area contributed by atoms with Crippen molar-refractivity contribution in [2.75, 3.05) is 16.8 Å². The van der Waals surface area contributed by atoms with E-state index < -0.39 is 0 Å². The van der Waals surface area contributed by atoms with E-state index in [0.717, 1.165) is 25.1 Å². The quantitative estimate of drug-likeness (QED) is 0.943. The molecule has 2 heterocycles. The largest absolute Gasteiger partial charge is 0.321 e. The van der Waals surface area contributed by atoms with Crippen LogP contribution in [0.4, 0.5) is 11.4 Å². The first-order chi connectivity index (χ1) is 10.2. The number of hydrogen-bond acceptors (Lipinski definition) is 3. The summed E-state index contributed by atoms with van der Waals surface area (Å²) in [6.45, 7) is 0.751. The molecule has 4 nitrogen and oxygen atoms in total. The number of piperidine rings is 1. The molecule has 1 aliphatic rings. The smallest absolute Gasteiger partial charge is 0.265 e. The lowest BCUT2D eigenvalue weighted by molar-refractivity contribution is -0.119. The third-order valence-corrected chi connectivity index (χ3v) is 4.35. The van der Waals surface area contributed by atoms with Gasteiger partial charge in [0.1, 0.15) is 0 Å². The minimum absolute atomic E-state index is 0.118. The van der Waals surface area contributed by atoms with Crippen molar-refractivity contribution in [3.63, 3.8) is 0 Å². The van der Waals surface area contributed by atoms with Gasteiger partial charge in [0, 0.05) is 24.3 Å². The van der Waals surface area contributed by atoms with Crippen LogP contribution in [-0.2, 0) is 4.79 Å². The fourth-order valence-corrected chi connectivity index (χ4v) is 3.05. The molecule has 5 heteroatoms. The highest BCUT2D eigenvalue weighted by Crippen LogP contribution is 2.24. The molecule has 0 aliphatic carbocycles. The topological polar surface area (TPSA) is 49.4 Å². The molecule has 21 heavy (non-hydrogen) atoms. The number of amides is 2. The van der Waals surface area contributed by atoms with Gasteiger partial charge < -0.3 is 10.2 Å². The lowest BCUT2D eigenvalue weighted by Crippen LogP contribution is -2.35. The summed E-state index contributed by atoms with van der Waals surface area (Å²) < 4.78 is 0. The molecule has 1 aromatic heterocycles. The lowest BCUT2D eigenvalue weighted by Gasteiger charge is -2.27. The number of benzene rings is 1. The molecule has 0 atom stereocenters. The summed E-state index contributed by atoms with van der Waals surface area (Å²) in [5.41, 5.74) is 1.56. The van der Waals surface area contributed by atoms with E-state index in [1.165, 1.54) is 11.3 Å². The van der Waals surface area contributed by atoms with E-state index in [4.69, 9.17) is 0 Å². The summed E-state index contributed by atoms with van der Waals surface area (Å²) in [6, 6.07) is 11.1. The van der Waals surface area contributed by atoms with Crippen molar-refractivity contribution >= 4 is 34.5 Å². The molecule has 0 bridgehead atoms. The van der Waals surface area contributed by atoms with Crippen molar-refractivity contribution in [3.05, 3.63) is 46.7 Å². The van der Waals surface area contributed by atoms with E-state index in [1.807, 2.05) is 35.7 Å². The number of carbonyl (C=O) groups excluding carboxylic acids is 2. The van der Waals surface area contributed by atoms with Gasteiger partial charge in [-0.15, -0.1) is 11.3 Å². The average molecular weight is 300 g/mol. The zero-order valence-corrected chi connectivity index (χ0v) is 12.4. The molecule has 2 amide bonds. The highest BCUT2D eigenvalue weighted by molar-refractivity contribution is 7.12. The summed E-state index contributed by atoms with van der Waals surface area (Å²) in [4.78, 5) is 26.5. The third-order valence-electron chi connectivity index (χ3n) is 3.48. The van der Waals surface area contributed by atoms with Gasteiger partial charge in [0.2, 0.25) is 5.91 Å². The molecule has 2 aromatic rings. The second kappa shape index (κ2) is 6.10. The van der Waals surface area contributed by atoms with E-state index in [0.29, 0.717) is 17.0 Å². The summed E-state index contributed by atoms with van der Waals surface area (Å²) in [5, 5.41) is 4.74. The van der Waals surface area contributed by atoms with Crippen LogP contribution >= 0.6 is 11.3 Å². The fraction of sp³-hybridized carbons (Fsp3) is 0.250. The molecule has 0 radical (unpaired) electrons. The number of nitrogens with zero attached hydrogens (tertiary/aromatic N) is 1. The first-order valence-corrected chi connectivity index (χ1v) is 7.87. The van der Waals surface area contributed by atoms with Gasteiger partial charge in [-0.2, -0.15) is 0 Å². The first-order valence-electron chi connectivity index (χ1n) is 6.99. The summed E-state index contributed by atoms with van der Waals surface area (Å²) in [6.07, 6.45) is 2.59.